The van der Waals surface area contributed by atoms with Gasteiger partial charge in [0.25, 0.3) is 0 Å². The first-order valence-corrected chi connectivity index (χ1v) is 14.1. The maximum atomic E-state index is 12.2. The van der Waals surface area contributed by atoms with Gasteiger partial charge < -0.3 is 29.2 Å². The van der Waals surface area contributed by atoms with Crippen LogP contribution in [0.15, 0.2) is 109 Å². The Morgan fingerprint density at radius 1 is 0.477 bits per heavy atom. The number of phenols is 2. The Morgan fingerprint density at radius 3 is 1.18 bits per heavy atom. The molecule has 0 unspecified atom stereocenters. The number of ether oxygens (including phenoxy) is 4. The number of ketones is 2. The summed E-state index contributed by atoms with van der Waals surface area (Å²) >= 11 is 0. The van der Waals surface area contributed by atoms with Gasteiger partial charge in [0.15, 0.2) is 11.6 Å². The van der Waals surface area contributed by atoms with Gasteiger partial charge in [-0.25, -0.2) is 0 Å². The van der Waals surface area contributed by atoms with E-state index in [0.29, 0.717) is 62.3 Å². The first-order chi connectivity index (χ1) is 21.5. The summed E-state index contributed by atoms with van der Waals surface area (Å²) in [6.07, 6.45) is 6.45. The minimum atomic E-state index is -0.141. The lowest BCUT2D eigenvalue weighted by atomic mass is 10.1. The van der Waals surface area contributed by atoms with Crippen LogP contribution >= 0.6 is 0 Å². The number of benzene rings is 4. The van der Waals surface area contributed by atoms with Crippen LogP contribution in [0.1, 0.15) is 31.8 Å². The molecule has 2 N–H and O–H groups in total. The predicted molar refractivity (Wildman–Crippen MR) is 168 cm³/mol. The maximum Gasteiger partial charge on any atom is 0.185 e. The number of allylic oxidation sites excluding steroid dienone is 2. The highest BCUT2D eigenvalue weighted by molar-refractivity contribution is 6.07. The summed E-state index contributed by atoms with van der Waals surface area (Å²) in [4.78, 5) is 24.4. The van der Waals surface area contributed by atoms with Crippen LogP contribution in [0.3, 0.4) is 0 Å². The molecule has 44 heavy (non-hydrogen) atoms. The van der Waals surface area contributed by atoms with E-state index < -0.39 is 0 Å². The van der Waals surface area contributed by atoms with Crippen molar-refractivity contribution >= 4 is 23.7 Å². The number of rotatable bonds is 17. The molecule has 0 heterocycles. The van der Waals surface area contributed by atoms with Crippen molar-refractivity contribution in [2.75, 3.05) is 39.6 Å². The van der Waals surface area contributed by atoms with Crippen LogP contribution in [-0.2, 0) is 9.47 Å². The van der Waals surface area contributed by atoms with Gasteiger partial charge in [0.1, 0.15) is 36.2 Å². The minimum Gasteiger partial charge on any atom is -0.508 e. The number of carbonyl (C=O) groups is 2. The lowest BCUT2D eigenvalue weighted by Crippen LogP contribution is -2.13. The summed E-state index contributed by atoms with van der Waals surface area (Å²) in [6, 6.07) is 27.0. The zero-order chi connectivity index (χ0) is 31.0. The van der Waals surface area contributed by atoms with Gasteiger partial charge in [-0.05, 0) is 96.1 Å². The number of carbonyl (C=O) groups excluding carboxylic acids is 2. The van der Waals surface area contributed by atoms with Gasteiger partial charge >= 0.3 is 0 Å². The van der Waals surface area contributed by atoms with E-state index in [1.54, 1.807) is 36.4 Å². The Morgan fingerprint density at radius 2 is 0.818 bits per heavy atom. The van der Waals surface area contributed by atoms with Crippen LogP contribution < -0.4 is 9.47 Å². The van der Waals surface area contributed by atoms with Crippen LogP contribution in [-0.4, -0.2) is 61.4 Å². The zero-order valence-electron chi connectivity index (χ0n) is 24.1. The molecule has 0 bridgehead atoms. The first kappa shape index (κ1) is 31.7. The molecule has 8 heteroatoms. The standard InChI is InChI=1S/C36H34O8/c37-31-11-7-29(8-12-31)35(39)19-5-27-1-15-33(16-2-27)43-25-23-41-21-22-42-24-26-44-34-17-3-28(4-18-34)6-20-36(40)30-9-13-32(38)14-10-30/h1-20,37-38H,21-26H2/b19-5+,20-6+. The fraction of sp³-hybridized carbons (Fsp3) is 0.167. The van der Waals surface area contributed by atoms with Crippen LogP contribution in [0.2, 0.25) is 0 Å². The number of aromatic hydroxyl groups is 2. The third-order valence-corrected chi connectivity index (χ3v) is 6.28. The van der Waals surface area contributed by atoms with Gasteiger partial charge in [-0.15, -0.1) is 0 Å². The van der Waals surface area contributed by atoms with E-state index >= 15 is 0 Å². The molecule has 4 rings (SSSR count). The topological polar surface area (TPSA) is 112 Å². The van der Waals surface area contributed by atoms with Crippen LogP contribution in [0.4, 0.5) is 0 Å². The second-order valence-corrected chi connectivity index (χ2v) is 9.55. The van der Waals surface area contributed by atoms with Crippen molar-refractivity contribution in [2.45, 2.75) is 0 Å². The van der Waals surface area contributed by atoms with E-state index in [9.17, 15) is 19.8 Å². The molecule has 8 nitrogen and oxygen atoms in total. The van der Waals surface area contributed by atoms with Crippen LogP contribution in [0.5, 0.6) is 23.0 Å². The molecular weight excluding hydrogens is 560 g/mol. The highest BCUT2D eigenvalue weighted by atomic mass is 16.6. The van der Waals surface area contributed by atoms with E-state index in [1.165, 1.54) is 36.4 Å². The maximum absolute atomic E-state index is 12.2. The zero-order valence-corrected chi connectivity index (χ0v) is 24.1. The van der Waals surface area contributed by atoms with E-state index in [1.807, 2.05) is 48.5 Å². The highest BCUT2D eigenvalue weighted by Crippen LogP contribution is 2.16. The Kier molecular flexibility index (Phi) is 12.3. The lowest BCUT2D eigenvalue weighted by molar-refractivity contribution is 0.0273. The Balaban J connectivity index is 1.02. The molecule has 0 fully saturated rings. The second-order valence-electron chi connectivity index (χ2n) is 9.55. The molecule has 0 atom stereocenters. The molecule has 0 radical (unpaired) electrons. The van der Waals surface area contributed by atoms with Gasteiger partial charge in [0, 0.05) is 11.1 Å². The van der Waals surface area contributed by atoms with Gasteiger partial charge in [0.05, 0.1) is 26.4 Å². The smallest absolute Gasteiger partial charge is 0.185 e. The van der Waals surface area contributed by atoms with Gasteiger partial charge in [0.2, 0.25) is 0 Å². The summed E-state index contributed by atoms with van der Waals surface area (Å²) < 4.78 is 22.5. The average molecular weight is 595 g/mol. The molecular formula is C36H34O8. The molecule has 0 spiro atoms. The van der Waals surface area contributed by atoms with Crippen molar-refractivity contribution in [1.82, 2.24) is 0 Å². The van der Waals surface area contributed by atoms with Crippen LogP contribution in [0, 0.1) is 0 Å². The van der Waals surface area contributed by atoms with Gasteiger partial charge in [-0.3, -0.25) is 9.59 Å². The van der Waals surface area contributed by atoms with E-state index in [2.05, 4.69) is 0 Å². The van der Waals surface area contributed by atoms with Crippen molar-refractivity contribution in [1.29, 1.82) is 0 Å². The summed E-state index contributed by atoms with van der Waals surface area (Å²) in [5.41, 5.74) is 2.75. The average Bonchev–Trinajstić information content (AvgIpc) is 3.05. The van der Waals surface area contributed by atoms with Gasteiger partial charge in [-0.1, -0.05) is 36.4 Å². The third kappa shape index (κ3) is 10.9. The molecule has 0 amide bonds. The molecule has 0 saturated carbocycles. The van der Waals surface area contributed by atoms with Gasteiger partial charge in [-0.2, -0.15) is 0 Å². The fourth-order valence-electron chi connectivity index (χ4n) is 3.90. The summed E-state index contributed by atoms with van der Waals surface area (Å²) in [7, 11) is 0. The second kappa shape index (κ2) is 17.1. The molecule has 0 aliphatic rings. The molecule has 0 aliphatic heterocycles. The number of hydrogen-bond donors (Lipinski definition) is 2. The largest absolute Gasteiger partial charge is 0.508 e. The molecule has 226 valence electrons. The van der Waals surface area contributed by atoms with E-state index in [4.69, 9.17) is 18.9 Å². The normalized spacial score (nSPS) is 11.2. The highest BCUT2D eigenvalue weighted by Gasteiger charge is 2.03. The molecule has 0 saturated heterocycles. The first-order valence-electron chi connectivity index (χ1n) is 14.1. The van der Waals surface area contributed by atoms with Crippen molar-refractivity contribution in [2.24, 2.45) is 0 Å². The molecule has 4 aromatic rings. The van der Waals surface area contributed by atoms with Crippen molar-refractivity contribution in [3.8, 4) is 23.0 Å². The molecule has 0 aromatic heterocycles. The number of hydrogen-bond acceptors (Lipinski definition) is 8. The monoisotopic (exact) mass is 594 g/mol. The summed E-state index contributed by atoms with van der Waals surface area (Å²) in [5.74, 6) is 1.37. The Labute approximate surface area is 256 Å². The minimum absolute atomic E-state index is 0.122. The fourth-order valence-corrected chi connectivity index (χ4v) is 3.90. The Hall–Kier alpha value is -5.18. The Bertz CT molecular complexity index is 1400. The lowest BCUT2D eigenvalue weighted by Gasteiger charge is -2.09. The van der Waals surface area contributed by atoms with Crippen molar-refractivity contribution in [3.05, 3.63) is 131 Å². The molecule has 4 aromatic carbocycles. The third-order valence-electron chi connectivity index (χ3n) is 6.28. The molecule has 0 aliphatic carbocycles. The predicted octanol–water partition coefficient (Wildman–Crippen LogP) is 6.38. The summed E-state index contributed by atoms with van der Waals surface area (Å²) in [5, 5.41) is 18.7. The van der Waals surface area contributed by atoms with Crippen molar-refractivity contribution in [3.63, 3.8) is 0 Å². The van der Waals surface area contributed by atoms with Crippen molar-refractivity contribution < 1.29 is 38.7 Å². The van der Waals surface area contributed by atoms with E-state index in [-0.39, 0.29) is 23.1 Å². The summed E-state index contributed by atoms with van der Waals surface area (Å²) in [6.45, 7) is 2.51. The van der Waals surface area contributed by atoms with Crippen LogP contribution in [0.25, 0.3) is 12.2 Å². The van der Waals surface area contributed by atoms with E-state index in [0.717, 1.165) is 11.1 Å². The quantitative estimate of drug-likeness (QED) is 0.0823. The SMILES string of the molecule is O=C(/C=C/c1ccc(OCCOCCOCCOc2ccc(/C=C/C(=O)c3ccc(O)cc3)cc2)cc1)c1ccc(O)cc1. The number of phenolic OH excluding ortho intramolecular Hbond substituents is 2.